The van der Waals surface area contributed by atoms with E-state index in [0.29, 0.717) is 6.04 Å². The van der Waals surface area contributed by atoms with Crippen LogP contribution in [0.2, 0.25) is 4.34 Å². The summed E-state index contributed by atoms with van der Waals surface area (Å²) >= 11 is 7.64. The van der Waals surface area contributed by atoms with Crippen molar-refractivity contribution < 1.29 is 0 Å². The third-order valence-electron chi connectivity index (χ3n) is 3.03. The average Bonchev–Trinajstić information content (AvgIpc) is 2.70. The van der Waals surface area contributed by atoms with Crippen molar-refractivity contribution in [3.8, 4) is 0 Å². The lowest BCUT2D eigenvalue weighted by Crippen LogP contribution is -2.18. The largest absolute Gasteiger partial charge is 0.313 e. The highest BCUT2D eigenvalue weighted by Crippen LogP contribution is 2.27. The van der Waals surface area contributed by atoms with E-state index in [1.165, 1.54) is 21.6 Å². The molecule has 2 rings (SSSR count). The second-order valence-electron chi connectivity index (χ2n) is 4.67. The minimum Gasteiger partial charge on any atom is -0.313 e. The summed E-state index contributed by atoms with van der Waals surface area (Å²) in [5, 5.41) is 3.39. The van der Waals surface area contributed by atoms with Crippen LogP contribution in [0.5, 0.6) is 0 Å². The van der Waals surface area contributed by atoms with Gasteiger partial charge in [0.15, 0.2) is 0 Å². The first-order valence-corrected chi connectivity index (χ1v) is 7.27. The van der Waals surface area contributed by atoms with E-state index in [4.69, 9.17) is 11.6 Å². The number of hydrogen-bond donors (Lipinski definition) is 1. The molecule has 0 bridgehead atoms. The molecule has 1 nitrogen and oxygen atoms in total. The van der Waals surface area contributed by atoms with Crippen LogP contribution in [0.1, 0.15) is 27.6 Å². The monoisotopic (exact) mass is 279 g/mol. The smallest absolute Gasteiger partial charge is 0.0931 e. The predicted octanol–water partition coefficient (Wildman–Crippen LogP) is 4.52. The molecule has 0 aliphatic heterocycles. The summed E-state index contributed by atoms with van der Waals surface area (Å²) in [6.07, 6.45) is 0.983. The predicted molar refractivity (Wildman–Crippen MR) is 80.7 cm³/mol. The Hall–Kier alpha value is -0.830. The molecule has 1 aromatic heterocycles. The lowest BCUT2D eigenvalue weighted by atomic mass is 9.99. The van der Waals surface area contributed by atoms with Gasteiger partial charge in [-0.15, -0.1) is 11.3 Å². The summed E-state index contributed by atoms with van der Waals surface area (Å²) in [5.41, 5.74) is 3.98. The summed E-state index contributed by atoms with van der Waals surface area (Å²) in [5.74, 6) is 0. The van der Waals surface area contributed by atoms with Crippen molar-refractivity contribution in [2.75, 3.05) is 7.05 Å². The minimum absolute atomic E-state index is 0.346. The van der Waals surface area contributed by atoms with Crippen LogP contribution in [-0.2, 0) is 6.42 Å². The van der Waals surface area contributed by atoms with Crippen LogP contribution in [0.15, 0.2) is 30.3 Å². The number of thiophene rings is 1. The standard InChI is InChI=1S/C15H18ClNS/c1-10-6-11(2)8-12(7-10)14(17-3)9-13-4-5-15(16)18-13/h4-8,14,17H,9H2,1-3H3. The molecule has 2 aromatic rings. The van der Waals surface area contributed by atoms with Gasteiger partial charge >= 0.3 is 0 Å². The van der Waals surface area contributed by atoms with E-state index >= 15 is 0 Å². The fraction of sp³-hybridized carbons (Fsp3) is 0.333. The first-order chi connectivity index (χ1) is 8.58. The molecule has 0 spiro atoms. The zero-order valence-electron chi connectivity index (χ0n) is 11.0. The second-order valence-corrected chi connectivity index (χ2v) is 6.47. The summed E-state index contributed by atoms with van der Waals surface area (Å²) in [6.45, 7) is 4.29. The number of nitrogens with one attached hydrogen (secondary N) is 1. The maximum absolute atomic E-state index is 5.98. The maximum Gasteiger partial charge on any atom is 0.0931 e. The third-order valence-corrected chi connectivity index (χ3v) is 4.28. The fourth-order valence-electron chi connectivity index (χ4n) is 2.26. The molecule has 1 heterocycles. The Labute approximate surface area is 118 Å². The Kier molecular flexibility index (Phi) is 4.44. The van der Waals surface area contributed by atoms with E-state index in [2.05, 4.69) is 43.4 Å². The fourth-order valence-corrected chi connectivity index (χ4v) is 3.39. The molecule has 1 unspecified atom stereocenters. The number of hydrogen-bond acceptors (Lipinski definition) is 2. The van der Waals surface area contributed by atoms with Gasteiger partial charge in [0.05, 0.1) is 4.34 Å². The van der Waals surface area contributed by atoms with E-state index in [9.17, 15) is 0 Å². The zero-order chi connectivity index (χ0) is 13.1. The van der Waals surface area contributed by atoms with E-state index in [1.807, 2.05) is 13.1 Å². The maximum atomic E-state index is 5.98. The van der Waals surface area contributed by atoms with E-state index in [1.54, 1.807) is 11.3 Å². The number of rotatable bonds is 4. The Balaban J connectivity index is 2.22. The van der Waals surface area contributed by atoms with Crippen molar-refractivity contribution in [3.05, 3.63) is 56.2 Å². The van der Waals surface area contributed by atoms with E-state index in [-0.39, 0.29) is 0 Å². The van der Waals surface area contributed by atoms with Crippen molar-refractivity contribution >= 4 is 22.9 Å². The van der Waals surface area contributed by atoms with Crippen LogP contribution in [-0.4, -0.2) is 7.05 Å². The van der Waals surface area contributed by atoms with Crippen molar-refractivity contribution in [2.24, 2.45) is 0 Å². The third kappa shape index (κ3) is 3.35. The van der Waals surface area contributed by atoms with Crippen LogP contribution >= 0.6 is 22.9 Å². The number of benzene rings is 1. The van der Waals surface area contributed by atoms with E-state index < -0.39 is 0 Å². The second kappa shape index (κ2) is 5.87. The van der Waals surface area contributed by atoms with Crippen LogP contribution in [0.25, 0.3) is 0 Å². The van der Waals surface area contributed by atoms with Crippen molar-refractivity contribution in [3.63, 3.8) is 0 Å². The summed E-state index contributed by atoms with van der Waals surface area (Å²) in [4.78, 5) is 1.32. The molecule has 18 heavy (non-hydrogen) atoms. The lowest BCUT2D eigenvalue weighted by molar-refractivity contribution is 0.596. The lowest BCUT2D eigenvalue weighted by Gasteiger charge is -2.17. The Morgan fingerprint density at radius 2 is 1.83 bits per heavy atom. The quantitative estimate of drug-likeness (QED) is 0.868. The average molecular weight is 280 g/mol. The molecular formula is C15H18ClNS. The van der Waals surface area contributed by atoms with Gasteiger partial charge in [0.25, 0.3) is 0 Å². The van der Waals surface area contributed by atoms with Gasteiger partial charge in [-0.05, 0) is 38.6 Å². The van der Waals surface area contributed by atoms with Gasteiger partial charge in [0, 0.05) is 17.3 Å². The molecule has 3 heteroatoms. The molecule has 1 N–H and O–H groups in total. The van der Waals surface area contributed by atoms with Gasteiger partial charge in [0.1, 0.15) is 0 Å². The summed E-state index contributed by atoms with van der Waals surface area (Å²) in [7, 11) is 2.01. The van der Waals surface area contributed by atoms with Gasteiger partial charge in [-0.2, -0.15) is 0 Å². The zero-order valence-corrected chi connectivity index (χ0v) is 12.5. The number of likely N-dealkylation sites (N-methyl/N-ethyl adjacent to an activating group) is 1. The molecule has 1 atom stereocenters. The summed E-state index contributed by atoms with van der Waals surface area (Å²) < 4.78 is 0.861. The Bertz CT molecular complexity index is 513. The van der Waals surface area contributed by atoms with Crippen LogP contribution in [0.4, 0.5) is 0 Å². The SMILES string of the molecule is CNC(Cc1ccc(Cl)s1)c1cc(C)cc(C)c1. The molecule has 0 amide bonds. The molecule has 0 aliphatic rings. The van der Waals surface area contributed by atoms with Crippen molar-refractivity contribution in [2.45, 2.75) is 26.3 Å². The Morgan fingerprint density at radius 1 is 1.17 bits per heavy atom. The minimum atomic E-state index is 0.346. The van der Waals surface area contributed by atoms with Crippen molar-refractivity contribution in [1.29, 1.82) is 0 Å². The van der Waals surface area contributed by atoms with Gasteiger partial charge in [0.2, 0.25) is 0 Å². The highest BCUT2D eigenvalue weighted by atomic mass is 35.5. The first-order valence-electron chi connectivity index (χ1n) is 6.08. The van der Waals surface area contributed by atoms with Crippen molar-refractivity contribution in [1.82, 2.24) is 5.32 Å². The normalized spacial score (nSPS) is 12.7. The molecule has 0 saturated carbocycles. The highest BCUT2D eigenvalue weighted by molar-refractivity contribution is 7.16. The molecule has 0 radical (unpaired) electrons. The Morgan fingerprint density at radius 3 is 2.33 bits per heavy atom. The van der Waals surface area contributed by atoms with Gasteiger partial charge in [-0.1, -0.05) is 40.9 Å². The van der Waals surface area contributed by atoms with E-state index in [0.717, 1.165) is 10.8 Å². The molecular weight excluding hydrogens is 262 g/mol. The van der Waals surface area contributed by atoms with Crippen LogP contribution in [0.3, 0.4) is 0 Å². The van der Waals surface area contributed by atoms with Crippen LogP contribution in [0, 0.1) is 13.8 Å². The first kappa shape index (κ1) is 13.6. The van der Waals surface area contributed by atoms with Gasteiger partial charge in [-0.25, -0.2) is 0 Å². The number of halogens is 1. The molecule has 96 valence electrons. The topological polar surface area (TPSA) is 12.0 Å². The molecule has 0 fully saturated rings. The van der Waals surface area contributed by atoms with Gasteiger partial charge in [-0.3, -0.25) is 0 Å². The molecule has 1 aromatic carbocycles. The van der Waals surface area contributed by atoms with Crippen LogP contribution < -0.4 is 5.32 Å². The number of aryl methyl sites for hydroxylation is 2. The molecule has 0 saturated heterocycles. The highest BCUT2D eigenvalue weighted by Gasteiger charge is 2.12. The summed E-state index contributed by atoms with van der Waals surface area (Å²) in [6, 6.07) is 11.1. The van der Waals surface area contributed by atoms with Gasteiger partial charge < -0.3 is 5.32 Å². The molecule has 0 aliphatic carbocycles.